The monoisotopic (exact) mass is 233 g/mol. The van der Waals surface area contributed by atoms with E-state index in [-0.39, 0.29) is 5.41 Å². The first-order valence-electron chi connectivity index (χ1n) is 5.83. The number of furan rings is 1. The van der Waals surface area contributed by atoms with Crippen LogP contribution in [0.5, 0.6) is 0 Å². The van der Waals surface area contributed by atoms with Gasteiger partial charge in [-0.05, 0) is 13.0 Å². The maximum atomic E-state index is 10.5. The van der Waals surface area contributed by atoms with E-state index >= 15 is 0 Å². The lowest BCUT2D eigenvalue weighted by atomic mass is 9.82. The Bertz CT molecular complexity index is 528. The van der Waals surface area contributed by atoms with Crippen LogP contribution in [-0.4, -0.2) is 11.7 Å². The van der Waals surface area contributed by atoms with Crippen molar-refractivity contribution in [1.29, 1.82) is 0 Å². The van der Waals surface area contributed by atoms with Crippen molar-refractivity contribution in [1.82, 2.24) is 0 Å². The molecule has 2 aromatic rings. The molecule has 2 rings (SSSR count). The van der Waals surface area contributed by atoms with Crippen LogP contribution in [0.3, 0.4) is 0 Å². The molecule has 0 aliphatic rings. The smallest absolute Gasteiger partial charge is 0.134 e. The van der Waals surface area contributed by atoms with Crippen molar-refractivity contribution in [3.8, 4) is 0 Å². The van der Waals surface area contributed by atoms with Gasteiger partial charge in [0.1, 0.15) is 11.3 Å². The third-order valence-corrected chi connectivity index (χ3v) is 3.36. The van der Waals surface area contributed by atoms with Crippen LogP contribution in [0.1, 0.15) is 31.3 Å². The van der Waals surface area contributed by atoms with E-state index < -0.39 is 6.10 Å². The minimum Gasteiger partial charge on any atom is -0.461 e. The summed E-state index contributed by atoms with van der Waals surface area (Å²) < 4.78 is 5.66. The number of nitrogens with two attached hydrogens (primary N) is 1. The Morgan fingerprint density at radius 2 is 2.00 bits per heavy atom. The summed E-state index contributed by atoms with van der Waals surface area (Å²) in [6.45, 7) is 6.22. The van der Waals surface area contributed by atoms with Gasteiger partial charge in [0.25, 0.3) is 0 Å². The minimum atomic E-state index is -0.615. The van der Waals surface area contributed by atoms with Crippen LogP contribution in [0.2, 0.25) is 0 Å². The highest BCUT2D eigenvalue weighted by Gasteiger charge is 2.31. The number of aliphatic hydroxyl groups is 1. The molecule has 0 saturated carbocycles. The van der Waals surface area contributed by atoms with Gasteiger partial charge >= 0.3 is 0 Å². The third kappa shape index (κ3) is 1.96. The average Bonchev–Trinajstić information content (AvgIpc) is 2.64. The van der Waals surface area contributed by atoms with E-state index in [0.29, 0.717) is 6.54 Å². The molecule has 1 aromatic carbocycles. The first-order valence-corrected chi connectivity index (χ1v) is 5.83. The quantitative estimate of drug-likeness (QED) is 0.857. The molecule has 3 N–H and O–H groups in total. The van der Waals surface area contributed by atoms with Crippen molar-refractivity contribution in [2.24, 2.45) is 11.1 Å². The zero-order valence-electron chi connectivity index (χ0n) is 10.5. The molecule has 0 spiro atoms. The number of benzene rings is 1. The topological polar surface area (TPSA) is 59.4 Å². The van der Waals surface area contributed by atoms with Crippen molar-refractivity contribution in [2.75, 3.05) is 6.54 Å². The molecule has 1 unspecified atom stereocenters. The van der Waals surface area contributed by atoms with Crippen molar-refractivity contribution in [3.63, 3.8) is 0 Å². The Morgan fingerprint density at radius 3 is 2.65 bits per heavy atom. The fourth-order valence-corrected chi connectivity index (χ4v) is 2.03. The molecule has 0 radical (unpaired) electrons. The molecule has 0 fully saturated rings. The maximum Gasteiger partial charge on any atom is 0.134 e. The van der Waals surface area contributed by atoms with Gasteiger partial charge < -0.3 is 15.3 Å². The van der Waals surface area contributed by atoms with Gasteiger partial charge in [0, 0.05) is 22.9 Å². The van der Waals surface area contributed by atoms with E-state index in [9.17, 15) is 5.11 Å². The van der Waals surface area contributed by atoms with Gasteiger partial charge in [0.2, 0.25) is 0 Å². The van der Waals surface area contributed by atoms with Crippen LogP contribution < -0.4 is 5.73 Å². The highest BCUT2D eigenvalue weighted by atomic mass is 16.3. The number of hydrogen-bond donors (Lipinski definition) is 2. The molecule has 0 amide bonds. The van der Waals surface area contributed by atoms with Gasteiger partial charge in [-0.3, -0.25) is 0 Å². The molecule has 17 heavy (non-hydrogen) atoms. The van der Waals surface area contributed by atoms with E-state index in [2.05, 4.69) is 0 Å². The number of fused-ring (bicyclic) bond motifs is 1. The standard InChI is InChI=1S/C14H19NO2/c1-9-12(13(16)14(2,3)8-15)10-6-4-5-7-11(10)17-9/h4-7,13,16H,8,15H2,1-3H3. The Morgan fingerprint density at radius 1 is 1.35 bits per heavy atom. The number of rotatable bonds is 3. The molecular formula is C14H19NO2. The van der Waals surface area contributed by atoms with Crippen LogP contribution in [0, 0.1) is 12.3 Å². The predicted molar refractivity (Wildman–Crippen MR) is 68.7 cm³/mol. The van der Waals surface area contributed by atoms with Gasteiger partial charge in [-0.15, -0.1) is 0 Å². The Kier molecular flexibility index (Phi) is 2.98. The van der Waals surface area contributed by atoms with E-state index in [4.69, 9.17) is 10.2 Å². The van der Waals surface area contributed by atoms with E-state index in [0.717, 1.165) is 22.3 Å². The van der Waals surface area contributed by atoms with Crippen LogP contribution in [0.4, 0.5) is 0 Å². The zero-order chi connectivity index (χ0) is 12.6. The number of para-hydroxylation sites is 1. The average molecular weight is 233 g/mol. The van der Waals surface area contributed by atoms with Crippen LogP contribution in [0.15, 0.2) is 28.7 Å². The normalized spacial score (nSPS) is 14.2. The third-order valence-electron chi connectivity index (χ3n) is 3.36. The summed E-state index contributed by atoms with van der Waals surface area (Å²) in [5.74, 6) is 0.764. The summed E-state index contributed by atoms with van der Waals surface area (Å²) in [6, 6.07) is 7.75. The van der Waals surface area contributed by atoms with Gasteiger partial charge in [-0.2, -0.15) is 0 Å². The fourth-order valence-electron chi connectivity index (χ4n) is 2.03. The van der Waals surface area contributed by atoms with Gasteiger partial charge in [0.05, 0.1) is 6.10 Å². The molecule has 3 nitrogen and oxygen atoms in total. The van der Waals surface area contributed by atoms with Gasteiger partial charge in [-0.1, -0.05) is 32.0 Å². The summed E-state index contributed by atoms with van der Waals surface area (Å²) in [4.78, 5) is 0. The molecule has 1 aromatic heterocycles. The van der Waals surface area contributed by atoms with E-state index in [1.54, 1.807) is 0 Å². The molecule has 0 aliphatic carbocycles. The number of aliphatic hydroxyl groups excluding tert-OH is 1. The van der Waals surface area contributed by atoms with Crippen molar-refractivity contribution >= 4 is 11.0 Å². The number of aryl methyl sites for hydroxylation is 1. The summed E-state index contributed by atoms with van der Waals surface area (Å²) in [6.07, 6.45) is -0.615. The molecule has 0 aliphatic heterocycles. The molecule has 3 heteroatoms. The Hall–Kier alpha value is -1.32. The van der Waals surface area contributed by atoms with Crippen molar-refractivity contribution in [2.45, 2.75) is 26.9 Å². The highest BCUT2D eigenvalue weighted by Crippen LogP contribution is 2.39. The van der Waals surface area contributed by atoms with Crippen LogP contribution >= 0.6 is 0 Å². The van der Waals surface area contributed by atoms with Gasteiger partial charge in [0.15, 0.2) is 0 Å². The second-order valence-corrected chi connectivity index (χ2v) is 5.16. The second-order valence-electron chi connectivity index (χ2n) is 5.16. The zero-order valence-corrected chi connectivity index (χ0v) is 10.5. The summed E-state index contributed by atoms with van der Waals surface area (Å²) in [5, 5.41) is 11.4. The molecule has 0 bridgehead atoms. The van der Waals surface area contributed by atoms with E-state index in [1.165, 1.54) is 0 Å². The lowest BCUT2D eigenvalue weighted by Gasteiger charge is -2.29. The summed E-state index contributed by atoms with van der Waals surface area (Å²) in [7, 11) is 0. The lowest BCUT2D eigenvalue weighted by Crippen LogP contribution is -2.30. The minimum absolute atomic E-state index is 0.364. The Labute approximate surface area is 101 Å². The van der Waals surface area contributed by atoms with Crippen LogP contribution in [0.25, 0.3) is 11.0 Å². The summed E-state index contributed by atoms with van der Waals surface area (Å²) >= 11 is 0. The molecule has 0 saturated heterocycles. The second kappa shape index (κ2) is 4.17. The predicted octanol–water partition coefficient (Wildman–Crippen LogP) is 2.76. The highest BCUT2D eigenvalue weighted by molar-refractivity contribution is 5.82. The Balaban J connectivity index is 2.59. The fraction of sp³-hybridized carbons (Fsp3) is 0.429. The molecule has 1 atom stereocenters. The first-order chi connectivity index (χ1) is 7.97. The van der Waals surface area contributed by atoms with Gasteiger partial charge in [-0.25, -0.2) is 0 Å². The molecule has 92 valence electrons. The largest absolute Gasteiger partial charge is 0.461 e. The molecular weight excluding hydrogens is 214 g/mol. The first kappa shape index (κ1) is 12.1. The summed E-state index contributed by atoms with van der Waals surface area (Å²) in [5.41, 5.74) is 7.02. The van der Waals surface area contributed by atoms with Crippen molar-refractivity contribution in [3.05, 3.63) is 35.6 Å². The number of hydrogen-bond acceptors (Lipinski definition) is 3. The van der Waals surface area contributed by atoms with Crippen molar-refractivity contribution < 1.29 is 9.52 Å². The van der Waals surface area contributed by atoms with E-state index in [1.807, 2.05) is 45.0 Å². The maximum absolute atomic E-state index is 10.5. The SMILES string of the molecule is Cc1oc2ccccc2c1C(O)C(C)(C)CN. The lowest BCUT2D eigenvalue weighted by molar-refractivity contribution is 0.0553. The van der Waals surface area contributed by atoms with Crippen LogP contribution in [-0.2, 0) is 0 Å². The molecule has 1 heterocycles.